The summed E-state index contributed by atoms with van der Waals surface area (Å²) >= 11 is 5.55. The molecule has 0 saturated heterocycles. The lowest BCUT2D eigenvalue weighted by Gasteiger charge is -1.97. The molecular weight excluding hydrogens is 184 g/mol. The fourth-order valence-corrected chi connectivity index (χ4v) is 1.29. The second kappa shape index (κ2) is 2.79. The van der Waals surface area contributed by atoms with Gasteiger partial charge in [-0.1, -0.05) is 11.6 Å². The molecule has 1 rings (SSSR count). The van der Waals surface area contributed by atoms with E-state index < -0.39 is 9.73 Å². The minimum Gasteiger partial charge on any atom is -0.248 e. The minimum atomic E-state index is -2.69. The Hall–Kier alpha value is -0.610. The molecule has 0 amide bonds. The normalized spacial score (nSPS) is 15.8. The summed E-state index contributed by atoms with van der Waals surface area (Å²) < 4.78 is 18.2. The van der Waals surface area contributed by atoms with E-state index >= 15 is 0 Å². The summed E-state index contributed by atoms with van der Waals surface area (Å²) in [5.74, 6) is 0. The van der Waals surface area contributed by atoms with Crippen LogP contribution in [0.1, 0.15) is 0 Å². The van der Waals surface area contributed by atoms with Crippen molar-refractivity contribution in [2.24, 2.45) is 0 Å². The van der Waals surface area contributed by atoms with Crippen molar-refractivity contribution in [2.75, 3.05) is 6.26 Å². The van der Waals surface area contributed by atoms with Crippen molar-refractivity contribution in [3.05, 3.63) is 23.4 Å². The van der Waals surface area contributed by atoms with Crippen LogP contribution in [-0.2, 0) is 9.73 Å². The summed E-state index contributed by atoms with van der Waals surface area (Å²) in [6.07, 6.45) is 2.71. The average Bonchev–Trinajstić information content (AvgIpc) is 1.86. The van der Waals surface area contributed by atoms with E-state index in [1.165, 1.54) is 18.5 Å². The number of hydrogen-bond acceptors (Lipinski definition) is 3. The summed E-state index contributed by atoms with van der Waals surface area (Å²) in [6, 6.07) is 3.07. The number of rotatable bonds is 1. The number of aromatic nitrogens is 1. The molecule has 60 valence electrons. The Morgan fingerprint density at radius 1 is 1.64 bits per heavy atom. The van der Waals surface area contributed by atoms with Gasteiger partial charge in [-0.05, 0) is 12.1 Å². The molecule has 11 heavy (non-hydrogen) atoms. The largest absolute Gasteiger partial charge is 0.248 e. The van der Waals surface area contributed by atoms with Crippen LogP contribution in [0.4, 0.5) is 0 Å². The number of nitrogens with zero attached hydrogens (tertiary/aromatic N) is 1. The highest BCUT2D eigenvalue weighted by Crippen LogP contribution is 2.10. The van der Waals surface area contributed by atoms with E-state index in [9.17, 15) is 4.21 Å². The molecule has 0 spiro atoms. The molecule has 0 aromatic carbocycles. The van der Waals surface area contributed by atoms with Crippen molar-refractivity contribution < 1.29 is 4.21 Å². The van der Waals surface area contributed by atoms with Crippen LogP contribution in [-0.4, -0.2) is 15.4 Å². The molecule has 1 aromatic heterocycles. The molecule has 0 saturated carbocycles. The molecule has 0 radical (unpaired) electrons. The average molecular weight is 191 g/mol. The SMILES string of the molecule is C[S@](=N)(=O)c1ccc(Cl)cn1. The zero-order chi connectivity index (χ0) is 8.48. The summed E-state index contributed by atoms with van der Waals surface area (Å²) in [5.41, 5.74) is 0. The summed E-state index contributed by atoms with van der Waals surface area (Å²) in [6.45, 7) is 0. The van der Waals surface area contributed by atoms with E-state index in [0.29, 0.717) is 5.02 Å². The maximum absolute atomic E-state index is 11.1. The third-order valence-electron chi connectivity index (χ3n) is 1.10. The number of pyridine rings is 1. The van der Waals surface area contributed by atoms with Gasteiger partial charge in [0, 0.05) is 12.5 Å². The lowest BCUT2D eigenvalue weighted by molar-refractivity contribution is 0.676. The topological polar surface area (TPSA) is 53.8 Å². The third kappa shape index (κ3) is 2.17. The summed E-state index contributed by atoms with van der Waals surface area (Å²) in [5, 5.41) is 0.749. The lowest BCUT2D eigenvalue weighted by Crippen LogP contribution is -1.96. The highest BCUT2D eigenvalue weighted by atomic mass is 35.5. The highest BCUT2D eigenvalue weighted by Gasteiger charge is 2.02. The van der Waals surface area contributed by atoms with E-state index in [1.807, 2.05) is 0 Å². The number of hydrogen-bond donors (Lipinski definition) is 1. The molecule has 1 aromatic rings. The molecule has 1 heterocycles. The Bertz CT molecular complexity index is 343. The second-order valence-electron chi connectivity index (χ2n) is 2.16. The van der Waals surface area contributed by atoms with Gasteiger partial charge in [-0.3, -0.25) is 0 Å². The predicted molar refractivity (Wildman–Crippen MR) is 44.3 cm³/mol. The van der Waals surface area contributed by atoms with Crippen molar-refractivity contribution >= 4 is 21.3 Å². The van der Waals surface area contributed by atoms with Crippen LogP contribution in [0.15, 0.2) is 23.4 Å². The van der Waals surface area contributed by atoms with Crippen LogP contribution in [0.3, 0.4) is 0 Å². The van der Waals surface area contributed by atoms with Gasteiger partial charge in [0.05, 0.1) is 14.8 Å². The molecule has 1 N–H and O–H groups in total. The van der Waals surface area contributed by atoms with E-state index in [-0.39, 0.29) is 5.03 Å². The first kappa shape index (κ1) is 8.49. The molecule has 1 atom stereocenters. The van der Waals surface area contributed by atoms with Crippen LogP contribution in [0.5, 0.6) is 0 Å². The summed E-state index contributed by atoms with van der Waals surface area (Å²) in [4.78, 5) is 3.75. The van der Waals surface area contributed by atoms with Gasteiger partial charge in [-0.2, -0.15) is 0 Å². The van der Waals surface area contributed by atoms with Crippen molar-refractivity contribution in [3.63, 3.8) is 0 Å². The van der Waals surface area contributed by atoms with Gasteiger partial charge in [-0.25, -0.2) is 14.0 Å². The predicted octanol–water partition coefficient (Wildman–Crippen LogP) is 1.77. The minimum absolute atomic E-state index is 0.266. The first-order valence-corrected chi connectivity index (χ1v) is 5.20. The van der Waals surface area contributed by atoms with Crippen LogP contribution in [0.2, 0.25) is 5.02 Å². The fourth-order valence-electron chi connectivity index (χ4n) is 0.593. The molecule has 0 aliphatic heterocycles. The van der Waals surface area contributed by atoms with E-state index in [1.54, 1.807) is 6.07 Å². The van der Waals surface area contributed by atoms with Crippen molar-refractivity contribution in [2.45, 2.75) is 5.03 Å². The summed E-state index contributed by atoms with van der Waals surface area (Å²) in [7, 11) is -2.69. The maximum Gasteiger partial charge on any atom is 0.135 e. The standard InChI is InChI=1S/C6H7ClN2OS/c1-11(8,10)6-3-2-5(7)4-9-6/h2-4,8H,1H3/t11-/m0/s1. The van der Waals surface area contributed by atoms with Crippen LogP contribution in [0.25, 0.3) is 0 Å². The smallest absolute Gasteiger partial charge is 0.135 e. The van der Waals surface area contributed by atoms with Gasteiger partial charge in [0.25, 0.3) is 0 Å². The third-order valence-corrected chi connectivity index (χ3v) is 2.36. The quantitative estimate of drug-likeness (QED) is 0.734. The lowest BCUT2D eigenvalue weighted by atomic mass is 10.5. The maximum atomic E-state index is 11.1. The molecular formula is C6H7ClN2OS. The van der Waals surface area contributed by atoms with Gasteiger partial charge in [-0.15, -0.1) is 0 Å². The molecule has 3 nitrogen and oxygen atoms in total. The number of nitrogens with one attached hydrogen (secondary N) is 1. The first-order chi connectivity index (χ1) is 5.00. The Balaban J connectivity index is 3.20. The molecule has 0 fully saturated rings. The van der Waals surface area contributed by atoms with Crippen molar-refractivity contribution in [1.29, 1.82) is 4.78 Å². The monoisotopic (exact) mass is 190 g/mol. The number of halogens is 1. The molecule has 0 unspecified atom stereocenters. The molecule has 0 bridgehead atoms. The van der Waals surface area contributed by atoms with Gasteiger partial charge < -0.3 is 0 Å². The fraction of sp³-hybridized carbons (Fsp3) is 0.167. The first-order valence-electron chi connectivity index (χ1n) is 2.85. The zero-order valence-corrected chi connectivity index (χ0v) is 7.45. The van der Waals surface area contributed by atoms with Crippen molar-refractivity contribution in [3.8, 4) is 0 Å². The Morgan fingerprint density at radius 2 is 2.27 bits per heavy atom. The van der Waals surface area contributed by atoms with E-state index in [4.69, 9.17) is 16.4 Å². The van der Waals surface area contributed by atoms with Gasteiger partial charge in [0.15, 0.2) is 0 Å². The second-order valence-corrected chi connectivity index (χ2v) is 4.70. The molecule has 0 aliphatic carbocycles. The van der Waals surface area contributed by atoms with Gasteiger partial charge in [0.2, 0.25) is 0 Å². The van der Waals surface area contributed by atoms with Crippen LogP contribution in [0, 0.1) is 4.78 Å². The van der Waals surface area contributed by atoms with E-state index in [2.05, 4.69) is 4.98 Å². The Labute approximate surface area is 70.4 Å². The highest BCUT2D eigenvalue weighted by molar-refractivity contribution is 7.91. The van der Waals surface area contributed by atoms with E-state index in [0.717, 1.165) is 0 Å². The van der Waals surface area contributed by atoms with Crippen molar-refractivity contribution in [1.82, 2.24) is 4.98 Å². The Kier molecular flexibility index (Phi) is 2.15. The molecule has 5 heteroatoms. The zero-order valence-electron chi connectivity index (χ0n) is 5.87. The van der Waals surface area contributed by atoms with Crippen LogP contribution < -0.4 is 0 Å². The van der Waals surface area contributed by atoms with Crippen LogP contribution >= 0.6 is 11.6 Å². The Morgan fingerprint density at radius 3 is 2.64 bits per heavy atom. The van der Waals surface area contributed by atoms with Gasteiger partial charge >= 0.3 is 0 Å². The van der Waals surface area contributed by atoms with Gasteiger partial charge in [0.1, 0.15) is 5.03 Å². The molecule has 0 aliphatic rings.